The molecule has 0 saturated heterocycles. The number of aromatic amines is 1. The number of H-pyrrole nitrogens is 1. The zero-order chi connectivity index (χ0) is 17.7. The van der Waals surface area contributed by atoms with Gasteiger partial charge in [0.25, 0.3) is 5.56 Å². The van der Waals surface area contributed by atoms with Crippen molar-refractivity contribution in [1.29, 1.82) is 0 Å². The topological polar surface area (TPSA) is 105 Å². The fourth-order valence-corrected chi connectivity index (χ4v) is 2.70. The second-order valence-electron chi connectivity index (χ2n) is 5.87. The smallest absolute Gasteiger partial charge is 0.330 e. The van der Waals surface area contributed by atoms with Crippen molar-refractivity contribution in [3.05, 3.63) is 20.8 Å². The van der Waals surface area contributed by atoms with E-state index in [-0.39, 0.29) is 11.5 Å². The summed E-state index contributed by atoms with van der Waals surface area (Å²) >= 11 is 5.43. The van der Waals surface area contributed by atoms with E-state index < -0.39 is 11.2 Å². The number of thiocarbonyl (C=S) groups is 1. The first-order valence-corrected chi connectivity index (χ1v) is 8.60. The molecule has 0 unspecified atom stereocenters. The van der Waals surface area contributed by atoms with Gasteiger partial charge in [0.2, 0.25) is 0 Å². The van der Waals surface area contributed by atoms with E-state index in [0.29, 0.717) is 30.9 Å². The Labute approximate surface area is 146 Å². The molecule has 2 rings (SSSR count). The highest BCUT2D eigenvalue weighted by atomic mass is 32.1. The van der Waals surface area contributed by atoms with Gasteiger partial charge in [0, 0.05) is 26.2 Å². The van der Waals surface area contributed by atoms with Crippen molar-refractivity contribution < 1.29 is 4.74 Å². The predicted octanol–water partition coefficient (Wildman–Crippen LogP) is 0.409. The van der Waals surface area contributed by atoms with Gasteiger partial charge in [0.15, 0.2) is 10.8 Å². The van der Waals surface area contributed by atoms with Crippen LogP contribution in [0.2, 0.25) is 0 Å². The molecule has 0 aromatic carbocycles. The first-order chi connectivity index (χ1) is 11.5. The number of nitrogens with two attached hydrogens (primary N) is 1. The van der Waals surface area contributed by atoms with Crippen molar-refractivity contribution in [3.8, 4) is 0 Å². The van der Waals surface area contributed by atoms with E-state index in [2.05, 4.69) is 10.3 Å². The van der Waals surface area contributed by atoms with Crippen LogP contribution in [0.15, 0.2) is 9.59 Å². The molecule has 4 N–H and O–H groups in total. The summed E-state index contributed by atoms with van der Waals surface area (Å²) in [5.41, 5.74) is 5.31. The number of nitrogens with zero attached hydrogens (tertiary/aromatic N) is 2. The molecule has 1 aromatic heterocycles. The summed E-state index contributed by atoms with van der Waals surface area (Å²) in [6.45, 7) is 3.22. The van der Waals surface area contributed by atoms with Gasteiger partial charge in [-0.05, 0) is 31.5 Å². The van der Waals surface area contributed by atoms with Gasteiger partial charge in [-0.3, -0.25) is 14.3 Å². The summed E-state index contributed by atoms with van der Waals surface area (Å²) < 4.78 is 6.50. The second-order valence-corrected chi connectivity index (χ2v) is 6.25. The SMILES string of the molecule is CCCCn1c(N)c(N(CCOC)C(=S)NC2CC2)c(=O)[nH]c1=O. The minimum absolute atomic E-state index is 0.133. The van der Waals surface area contributed by atoms with E-state index in [0.717, 1.165) is 25.7 Å². The lowest BCUT2D eigenvalue weighted by Crippen LogP contribution is -2.47. The van der Waals surface area contributed by atoms with Gasteiger partial charge >= 0.3 is 5.69 Å². The molecule has 0 amide bonds. The quantitative estimate of drug-likeness (QED) is 0.580. The van der Waals surface area contributed by atoms with Crippen molar-refractivity contribution in [2.75, 3.05) is 30.9 Å². The molecular weight excluding hydrogens is 330 g/mol. The van der Waals surface area contributed by atoms with Crippen molar-refractivity contribution >= 4 is 28.8 Å². The summed E-state index contributed by atoms with van der Waals surface area (Å²) in [7, 11) is 1.57. The first kappa shape index (κ1) is 18.5. The summed E-state index contributed by atoms with van der Waals surface area (Å²) in [6, 6.07) is 0.342. The number of nitrogens with one attached hydrogen (secondary N) is 2. The highest BCUT2D eigenvalue weighted by molar-refractivity contribution is 7.80. The first-order valence-electron chi connectivity index (χ1n) is 8.19. The monoisotopic (exact) mass is 355 g/mol. The molecule has 1 aliphatic carbocycles. The molecule has 134 valence electrons. The van der Waals surface area contributed by atoms with E-state index in [4.69, 9.17) is 22.7 Å². The summed E-state index contributed by atoms with van der Waals surface area (Å²) in [5.74, 6) is 0.133. The van der Waals surface area contributed by atoms with E-state index in [9.17, 15) is 9.59 Å². The molecule has 0 spiro atoms. The largest absolute Gasteiger partial charge is 0.383 e. The molecule has 9 heteroatoms. The minimum atomic E-state index is -0.540. The lowest BCUT2D eigenvalue weighted by atomic mass is 10.3. The molecule has 24 heavy (non-hydrogen) atoms. The van der Waals surface area contributed by atoms with Crippen LogP contribution in [0.5, 0.6) is 0 Å². The predicted molar refractivity (Wildman–Crippen MR) is 98.6 cm³/mol. The molecule has 8 nitrogen and oxygen atoms in total. The summed E-state index contributed by atoms with van der Waals surface area (Å²) in [5, 5.41) is 3.62. The van der Waals surface area contributed by atoms with Crippen LogP contribution in [0.1, 0.15) is 32.6 Å². The number of anilines is 2. The molecule has 1 heterocycles. The minimum Gasteiger partial charge on any atom is -0.383 e. The lowest BCUT2D eigenvalue weighted by molar-refractivity contribution is 0.207. The molecule has 0 aliphatic heterocycles. The average molecular weight is 355 g/mol. The van der Waals surface area contributed by atoms with E-state index in [1.54, 1.807) is 12.0 Å². The van der Waals surface area contributed by atoms with Gasteiger partial charge in [0.1, 0.15) is 5.82 Å². The highest BCUT2D eigenvalue weighted by Crippen LogP contribution is 2.22. The summed E-state index contributed by atoms with van der Waals surface area (Å²) in [4.78, 5) is 28.4. The average Bonchev–Trinajstić information content (AvgIpc) is 3.33. The van der Waals surface area contributed by atoms with Crippen LogP contribution in [0, 0.1) is 0 Å². The Morgan fingerprint density at radius 2 is 2.21 bits per heavy atom. The Kier molecular flexibility index (Phi) is 6.38. The lowest BCUT2D eigenvalue weighted by Gasteiger charge is -2.26. The van der Waals surface area contributed by atoms with Crippen molar-refractivity contribution in [3.63, 3.8) is 0 Å². The van der Waals surface area contributed by atoms with Crippen LogP contribution in [-0.2, 0) is 11.3 Å². The van der Waals surface area contributed by atoms with Crippen LogP contribution >= 0.6 is 12.2 Å². The number of methoxy groups -OCH3 is 1. The Hall–Kier alpha value is -1.87. The summed E-state index contributed by atoms with van der Waals surface area (Å²) in [6.07, 6.45) is 3.81. The van der Waals surface area contributed by atoms with E-state index in [1.165, 1.54) is 4.57 Å². The number of rotatable bonds is 8. The zero-order valence-corrected chi connectivity index (χ0v) is 14.9. The molecule has 1 fully saturated rings. The highest BCUT2D eigenvalue weighted by Gasteiger charge is 2.27. The van der Waals surface area contributed by atoms with E-state index >= 15 is 0 Å². The van der Waals surface area contributed by atoms with Gasteiger partial charge in [-0.2, -0.15) is 0 Å². The number of hydrogen-bond donors (Lipinski definition) is 3. The van der Waals surface area contributed by atoms with Crippen LogP contribution in [0.3, 0.4) is 0 Å². The third-order valence-electron chi connectivity index (χ3n) is 3.89. The van der Waals surface area contributed by atoms with Gasteiger partial charge in [0.05, 0.1) is 6.61 Å². The van der Waals surface area contributed by atoms with Crippen LogP contribution in [-0.4, -0.2) is 41.0 Å². The number of unbranched alkanes of at least 4 members (excludes halogenated alkanes) is 1. The third kappa shape index (κ3) is 4.35. The molecule has 0 radical (unpaired) electrons. The Morgan fingerprint density at radius 1 is 1.50 bits per heavy atom. The maximum atomic E-state index is 12.4. The Morgan fingerprint density at radius 3 is 2.79 bits per heavy atom. The molecule has 0 bridgehead atoms. The normalized spacial score (nSPS) is 13.8. The third-order valence-corrected chi connectivity index (χ3v) is 4.23. The molecule has 1 aromatic rings. The molecule has 1 aliphatic rings. The van der Waals surface area contributed by atoms with Gasteiger partial charge < -0.3 is 20.7 Å². The second kappa shape index (κ2) is 8.29. The number of hydrogen-bond acceptors (Lipinski definition) is 5. The standard InChI is InChI=1S/C15H25N5O3S/c1-3-4-7-20-12(16)11(13(21)18-14(20)22)19(8-9-23-2)15(24)17-10-5-6-10/h10H,3-9,16H2,1-2H3,(H,17,24)(H,18,21,22). The van der Waals surface area contributed by atoms with Crippen molar-refractivity contribution in [2.24, 2.45) is 0 Å². The maximum Gasteiger partial charge on any atom is 0.330 e. The maximum absolute atomic E-state index is 12.4. The van der Waals surface area contributed by atoms with Crippen LogP contribution in [0.4, 0.5) is 11.5 Å². The van der Waals surface area contributed by atoms with Crippen molar-refractivity contribution in [2.45, 2.75) is 45.2 Å². The molecular formula is C15H25N5O3S. The van der Waals surface area contributed by atoms with E-state index in [1.807, 2.05) is 6.92 Å². The molecule has 0 atom stereocenters. The van der Waals surface area contributed by atoms with Gasteiger partial charge in [-0.25, -0.2) is 4.79 Å². The Bertz CT molecular complexity index is 695. The van der Waals surface area contributed by atoms with Crippen LogP contribution in [0.25, 0.3) is 0 Å². The molecule has 1 saturated carbocycles. The number of aromatic nitrogens is 2. The van der Waals surface area contributed by atoms with Gasteiger partial charge in [-0.1, -0.05) is 13.3 Å². The Balaban J connectivity index is 2.40. The van der Waals surface area contributed by atoms with Crippen LogP contribution < -0.4 is 27.2 Å². The number of ether oxygens (including phenoxy) is 1. The fraction of sp³-hybridized carbons (Fsp3) is 0.667. The number of nitrogen functional groups attached to an aromatic ring is 1. The fourth-order valence-electron chi connectivity index (χ4n) is 2.35. The van der Waals surface area contributed by atoms with Crippen molar-refractivity contribution in [1.82, 2.24) is 14.9 Å². The zero-order valence-electron chi connectivity index (χ0n) is 14.1. The van der Waals surface area contributed by atoms with Gasteiger partial charge in [-0.15, -0.1) is 0 Å².